The highest BCUT2D eigenvalue weighted by atomic mass is 16.3. The first-order chi connectivity index (χ1) is 8.75. The predicted molar refractivity (Wildman–Crippen MR) is 71.1 cm³/mol. The third kappa shape index (κ3) is 3.72. The third-order valence-electron chi connectivity index (χ3n) is 2.97. The smallest absolute Gasteiger partial charge is 0.117 e. The van der Waals surface area contributed by atoms with Crippen LogP contribution in [0.25, 0.3) is 0 Å². The van der Waals surface area contributed by atoms with E-state index in [2.05, 4.69) is 4.90 Å². The Morgan fingerprint density at radius 3 is 2.61 bits per heavy atom. The minimum absolute atomic E-state index is 0.398. The van der Waals surface area contributed by atoms with Gasteiger partial charge in [0.25, 0.3) is 0 Å². The summed E-state index contributed by atoms with van der Waals surface area (Å²) in [6.45, 7) is 1.60. The Bertz CT molecular complexity index is 439. The molecule has 0 fully saturated rings. The summed E-state index contributed by atoms with van der Waals surface area (Å²) in [6, 6.07) is 13.6. The molecule has 0 amide bonds. The lowest BCUT2D eigenvalue weighted by atomic mass is 10.1. The van der Waals surface area contributed by atoms with Crippen LogP contribution in [0, 0.1) is 0 Å². The van der Waals surface area contributed by atoms with Gasteiger partial charge in [0, 0.05) is 6.54 Å². The van der Waals surface area contributed by atoms with Crippen LogP contribution in [0.15, 0.2) is 53.1 Å². The number of aliphatic hydroxyl groups excluding tert-OH is 1. The average Bonchev–Trinajstić information content (AvgIpc) is 2.90. The van der Waals surface area contributed by atoms with E-state index >= 15 is 0 Å². The zero-order valence-corrected chi connectivity index (χ0v) is 10.6. The van der Waals surface area contributed by atoms with Gasteiger partial charge in [-0.3, -0.25) is 4.90 Å². The summed E-state index contributed by atoms with van der Waals surface area (Å²) in [7, 11) is 2.03. The lowest BCUT2D eigenvalue weighted by Gasteiger charge is -2.17. The highest BCUT2D eigenvalue weighted by molar-refractivity contribution is 5.17. The Balaban J connectivity index is 1.77. The Kier molecular flexibility index (Phi) is 4.56. The van der Waals surface area contributed by atoms with Gasteiger partial charge in [0.2, 0.25) is 0 Å². The normalized spacial score (nSPS) is 12.8. The van der Waals surface area contributed by atoms with Crippen molar-refractivity contribution in [2.24, 2.45) is 0 Å². The van der Waals surface area contributed by atoms with Crippen LogP contribution >= 0.6 is 0 Å². The molecule has 0 aliphatic carbocycles. The lowest BCUT2D eigenvalue weighted by Crippen LogP contribution is -2.20. The van der Waals surface area contributed by atoms with Gasteiger partial charge in [-0.25, -0.2) is 0 Å². The van der Waals surface area contributed by atoms with E-state index in [1.165, 1.54) is 0 Å². The summed E-state index contributed by atoms with van der Waals surface area (Å²) in [5, 5.41) is 10.0. The Hall–Kier alpha value is -1.58. The van der Waals surface area contributed by atoms with Crippen molar-refractivity contribution in [2.45, 2.75) is 19.1 Å². The number of hydrogen-bond donors (Lipinski definition) is 1. The van der Waals surface area contributed by atoms with Gasteiger partial charge in [0.05, 0.1) is 18.9 Å². The van der Waals surface area contributed by atoms with Crippen molar-refractivity contribution in [1.29, 1.82) is 0 Å². The molecule has 0 radical (unpaired) electrons. The fraction of sp³-hybridized carbons (Fsp3) is 0.333. The lowest BCUT2D eigenvalue weighted by molar-refractivity contribution is 0.145. The second-order valence-corrected chi connectivity index (χ2v) is 4.53. The topological polar surface area (TPSA) is 36.6 Å². The quantitative estimate of drug-likeness (QED) is 0.850. The molecule has 96 valence electrons. The molecule has 3 heteroatoms. The van der Waals surface area contributed by atoms with Crippen LogP contribution in [0.2, 0.25) is 0 Å². The number of nitrogens with zero attached hydrogens (tertiary/aromatic N) is 1. The zero-order chi connectivity index (χ0) is 12.8. The SMILES string of the molecule is CN(CCC(O)c1ccccc1)Cc1ccco1. The molecule has 0 saturated carbocycles. The molecule has 3 nitrogen and oxygen atoms in total. The van der Waals surface area contributed by atoms with E-state index in [4.69, 9.17) is 4.42 Å². The summed E-state index contributed by atoms with van der Waals surface area (Å²) in [4.78, 5) is 2.14. The number of benzene rings is 1. The molecule has 2 aromatic rings. The van der Waals surface area contributed by atoms with Gasteiger partial charge in [0.1, 0.15) is 5.76 Å². The number of furan rings is 1. The van der Waals surface area contributed by atoms with Crippen LogP contribution in [0.5, 0.6) is 0 Å². The van der Waals surface area contributed by atoms with Gasteiger partial charge in [-0.05, 0) is 31.2 Å². The highest BCUT2D eigenvalue weighted by Gasteiger charge is 2.09. The average molecular weight is 245 g/mol. The standard InChI is InChI=1S/C15H19NO2/c1-16(12-14-8-5-11-18-14)10-9-15(17)13-6-3-2-4-7-13/h2-8,11,15,17H,9-10,12H2,1H3. The molecule has 0 aliphatic heterocycles. The van der Waals surface area contributed by atoms with Crippen molar-refractivity contribution < 1.29 is 9.52 Å². The van der Waals surface area contributed by atoms with E-state index in [-0.39, 0.29) is 0 Å². The molecule has 1 unspecified atom stereocenters. The predicted octanol–water partition coefficient (Wildman–Crippen LogP) is 2.84. The van der Waals surface area contributed by atoms with Gasteiger partial charge in [-0.1, -0.05) is 30.3 Å². The molecule has 2 rings (SSSR count). The second kappa shape index (κ2) is 6.38. The first-order valence-electron chi connectivity index (χ1n) is 6.19. The fourth-order valence-electron chi connectivity index (χ4n) is 1.93. The van der Waals surface area contributed by atoms with Gasteiger partial charge >= 0.3 is 0 Å². The summed E-state index contributed by atoms with van der Waals surface area (Å²) in [5.74, 6) is 0.951. The van der Waals surface area contributed by atoms with E-state index in [0.717, 1.165) is 30.8 Å². The summed E-state index contributed by atoms with van der Waals surface area (Å²) in [6.07, 6.45) is 2.01. The highest BCUT2D eigenvalue weighted by Crippen LogP contribution is 2.16. The summed E-state index contributed by atoms with van der Waals surface area (Å²) in [5.41, 5.74) is 0.976. The Morgan fingerprint density at radius 1 is 1.17 bits per heavy atom. The van der Waals surface area contributed by atoms with Gasteiger partial charge in [-0.2, -0.15) is 0 Å². The summed E-state index contributed by atoms with van der Waals surface area (Å²) >= 11 is 0. The van der Waals surface area contributed by atoms with Gasteiger partial charge < -0.3 is 9.52 Å². The van der Waals surface area contributed by atoms with Crippen molar-refractivity contribution in [3.63, 3.8) is 0 Å². The van der Waals surface area contributed by atoms with Gasteiger partial charge in [-0.15, -0.1) is 0 Å². The molecular weight excluding hydrogens is 226 g/mol. The maximum absolute atomic E-state index is 10.0. The number of hydrogen-bond acceptors (Lipinski definition) is 3. The van der Waals surface area contributed by atoms with Crippen molar-refractivity contribution in [3.8, 4) is 0 Å². The first-order valence-corrected chi connectivity index (χ1v) is 6.19. The fourth-order valence-corrected chi connectivity index (χ4v) is 1.93. The maximum Gasteiger partial charge on any atom is 0.117 e. The Morgan fingerprint density at radius 2 is 1.94 bits per heavy atom. The minimum atomic E-state index is -0.398. The monoisotopic (exact) mass is 245 g/mol. The molecular formula is C15H19NO2. The zero-order valence-electron chi connectivity index (χ0n) is 10.6. The van der Waals surface area contributed by atoms with E-state index in [0.29, 0.717) is 0 Å². The molecule has 1 N–H and O–H groups in total. The van der Waals surface area contributed by atoms with Crippen LogP contribution in [0.3, 0.4) is 0 Å². The maximum atomic E-state index is 10.0. The number of rotatable bonds is 6. The molecule has 0 saturated heterocycles. The van der Waals surface area contributed by atoms with Crippen LogP contribution in [-0.4, -0.2) is 23.6 Å². The van der Waals surface area contributed by atoms with E-state index < -0.39 is 6.10 Å². The van der Waals surface area contributed by atoms with E-state index in [1.807, 2.05) is 49.5 Å². The molecule has 0 aliphatic rings. The van der Waals surface area contributed by atoms with E-state index in [1.54, 1.807) is 6.26 Å². The molecule has 0 bridgehead atoms. The van der Waals surface area contributed by atoms with Crippen LogP contribution in [0.4, 0.5) is 0 Å². The van der Waals surface area contributed by atoms with Crippen molar-refractivity contribution >= 4 is 0 Å². The summed E-state index contributed by atoms with van der Waals surface area (Å²) < 4.78 is 5.29. The van der Waals surface area contributed by atoms with Crippen LogP contribution in [-0.2, 0) is 6.54 Å². The molecule has 0 spiro atoms. The largest absolute Gasteiger partial charge is 0.468 e. The second-order valence-electron chi connectivity index (χ2n) is 4.53. The minimum Gasteiger partial charge on any atom is -0.468 e. The first kappa shape index (κ1) is 12.9. The molecule has 1 aromatic carbocycles. The van der Waals surface area contributed by atoms with Crippen LogP contribution < -0.4 is 0 Å². The number of aliphatic hydroxyl groups is 1. The van der Waals surface area contributed by atoms with Crippen molar-refractivity contribution in [2.75, 3.05) is 13.6 Å². The van der Waals surface area contributed by atoms with Gasteiger partial charge in [0.15, 0.2) is 0 Å². The molecule has 1 aromatic heterocycles. The van der Waals surface area contributed by atoms with Crippen molar-refractivity contribution in [3.05, 3.63) is 60.1 Å². The third-order valence-corrected chi connectivity index (χ3v) is 2.97. The van der Waals surface area contributed by atoms with E-state index in [9.17, 15) is 5.11 Å². The van der Waals surface area contributed by atoms with Crippen molar-refractivity contribution in [1.82, 2.24) is 4.90 Å². The van der Waals surface area contributed by atoms with Crippen LogP contribution in [0.1, 0.15) is 23.8 Å². The Labute approximate surface area is 108 Å². The molecule has 18 heavy (non-hydrogen) atoms. The molecule has 1 heterocycles. The molecule has 1 atom stereocenters.